The van der Waals surface area contributed by atoms with Gasteiger partial charge in [0.1, 0.15) is 5.75 Å². The van der Waals surface area contributed by atoms with Crippen LogP contribution in [0, 0.1) is 5.92 Å². The molecule has 0 aromatic heterocycles. The highest BCUT2D eigenvalue weighted by atomic mass is 16.5. The molecule has 2 amide bonds. The van der Waals surface area contributed by atoms with Gasteiger partial charge in [0.05, 0.1) is 24.3 Å². The molecule has 1 saturated carbocycles. The minimum absolute atomic E-state index is 0.216. The molecule has 6 nitrogen and oxygen atoms in total. The van der Waals surface area contributed by atoms with E-state index in [4.69, 9.17) is 10.5 Å². The van der Waals surface area contributed by atoms with Crippen LogP contribution in [0.2, 0.25) is 0 Å². The van der Waals surface area contributed by atoms with E-state index in [0.29, 0.717) is 17.0 Å². The quantitative estimate of drug-likeness (QED) is 0.701. The highest BCUT2D eigenvalue weighted by Crippen LogP contribution is 2.26. The zero-order valence-corrected chi connectivity index (χ0v) is 15.6. The molecule has 6 heteroatoms. The van der Waals surface area contributed by atoms with Gasteiger partial charge >= 0.3 is 0 Å². The Bertz CT molecular complexity index is 819. The van der Waals surface area contributed by atoms with Crippen molar-refractivity contribution < 1.29 is 14.3 Å². The van der Waals surface area contributed by atoms with Crippen LogP contribution >= 0.6 is 0 Å². The standard InChI is InChI=1S/C21H25N3O3/c1-13(19(22)14-6-4-3-5-7-14)20(25)24-18-11-10-16(27-2)12-17(18)21(26)23-15-8-9-15/h3-7,10-13,15,19H,8-9,22H2,1-2H3,(H,23,26)(H,24,25). The van der Waals surface area contributed by atoms with E-state index in [2.05, 4.69) is 10.6 Å². The molecule has 1 aliphatic rings. The van der Waals surface area contributed by atoms with Crippen molar-refractivity contribution in [3.8, 4) is 5.75 Å². The van der Waals surface area contributed by atoms with Crippen LogP contribution in [-0.4, -0.2) is 25.0 Å². The normalized spacial score (nSPS) is 15.5. The van der Waals surface area contributed by atoms with Crippen LogP contribution in [0.4, 0.5) is 5.69 Å². The third-order valence-corrected chi connectivity index (χ3v) is 4.78. The van der Waals surface area contributed by atoms with Gasteiger partial charge in [-0.1, -0.05) is 37.3 Å². The highest BCUT2D eigenvalue weighted by molar-refractivity contribution is 6.04. The SMILES string of the molecule is COc1ccc(NC(=O)C(C)C(N)c2ccccc2)c(C(=O)NC2CC2)c1. The van der Waals surface area contributed by atoms with Crippen LogP contribution in [-0.2, 0) is 4.79 Å². The molecule has 2 aromatic rings. The molecule has 2 atom stereocenters. The number of rotatable bonds is 7. The molecular formula is C21H25N3O3. The van der Waals surface area contributed by atoms with Crippen LogP contribution in [0.15, 0.2) is 48.5 Å². The zero-order chi connectivity index (χ0) is 19.4. The molecule has 2 aromatic carbocycles. The Balaban J connectivity index is 1.77. The maximum Gasteiger partial charge on any atom is 0.253 e. The van der Waals surface area contributed by atoms with Gasteiger partial charge in [-0.05, 0) is 36.6 Å². The fraction of sp³-hybridized carbons (Fsp3) is 0.333. The number of anilines is 1. The van der Waals surface area contributed by atoms with E-state index >= 15 is 0 Å². The summed E-state index contributed by atoms with van der Waals surface area (Å²) in [6, 6.07) is 14.3. The zero-order valence-electron chi connectivity index (χ0n) is 15.6. The van der Waals surface area contributed by atoms with Crippen molar-refractivity contribution in [2.75, 3.05) is 12.4 Å². The van der Waals surface area contributed by atoms with Gasteiger partial charge in [0.15, 0.2) is 0 Å². The molecule has 0 aliphatic heterocycles. The highest BCUT2D eigenvalue weighted by Gasteiger charge is 2.27. The first kappa shape index (κ1) is 18.9. The van der Waals surface area contributed by atoms with Gasteiger partial charge in [-0.25, -0.2) is 0 Å². The number of benzene rings is 2. The lowest BCUT2D eigenvalue weighted by molar-refractivity contribution is -0.120. The van der Waals surface area contributed by atoms with Crippen molar-refractivity contribution in [2.24, 2.45) is 11.7 Å². The Morgan fingerprint density at radius 3 is 2.48 bits per heavy atom. The maximum atomic E-state index is 12.7. The molecular weight excluding hydrogens is 342 g/mol. The van der Waals surface area contributed by atoms with Crippen molar-refractivity contribution in [2.45, 2.75) is 31.8 Å². The second-order valence-corrected chi connectivity index (χ2v) is 6.87. The number of nitrogens with two attached hydrogens (primary N) is 1. The molecule has 0 saturated heterocycles. The molecule has 0 radical (unpaired) electrons. The number of ether oxygens (including phenoxy) is 1. The number of amides is 2. The van der Waals surface area contributed by atoms with E-state index in [-0.39, 0.29) is 17.9 Å². The van der Waals surface area contributed by atoms with Crippen LogP contribution in [0.1, 0.15) is 41.7 Å². The van der Waals surface area contributed by atoms with E-state index in [0.717, 1.165) is 18.4 Å². The summed E-state index contributed by atoms with van der Waals surface area (Å²) in [6.45, 7) is 1.78. The lowest BCUT2D eigenvalue weighted by Crippen LogP contribution is -2.32. The second-order valence-electron chi connectivity index (χ2n) is 6.87. The van der Waals surface area contributed by atoms with Gasteiger partial charge < -0.3 is 21.1 Å². The monoisotopic (exact) mass is 367 g/mol. The summed E-state index contributed by atoms with van der Waals surface area (Å²) in [7, 11) is 1.54. The number of carbonyl (C=O) groups excluding carboxylic acids is 2. The molecule has 142 valence electrons. The largest absolute Gasteiger partial charge is 0.497 e. The average molecular weight is 367 g/mol. The summed E-state index contributed by atoms with van der Waals surface area (Å²) in [5, 5.41) is 5.79. The van der Waals surface area contributed by atoms with Gasteiger partial charge in [0.2, 0.25) is 5.91 Å². The Morgan fingerprint density at radius 2 is 1.85 bits per heavy atom. The Morgan fingerprint density at radius 1 is 1.15 bits per heavy atom. The van der Waals surface area contributed by atoms with E-state index in [1.54, 1.807) is 25.1 Å². The van der Waals surface area contributed by atoms with Crippen LogP contribution in [0.25, 0.3) is 0 Å². The van der Waals surface area contributed by atoms with Gasteiger partial charge in [-0.3, -0.25) is 9.59 Å². The Kier molecular flexibility index (Phi) is 5.76. The van der Waals surface area contributed by atoms with Crippen molar-refractivity contribution >= 4 is 17.5 Å². The number of hydrogen-bond acceptors (Lipinski definition) is 4. The first-order valence-corrected chi connectivity index (χ1v) is 9.10. The summed E-state index contributed by atoms with van der Waals surface area (Å²) in [6.07, 6.45) is 1.97. The molecule has 0 bridgehead atoms. The van der Waals surface area contributed by atoms with Gasteiger partial charge in [0.25, 0.3) is 5.91 Å². The third kappa shape index (κ3) is 4.65. The number of hydrogen-bond donors (Lipinski definition) is 3. The first-order chi connectivity index (χ1) is 13.0. The van der Waals surface area contributed by atoms with Crippen LogP contribution in [0.5, 0.6) is 5.75 Å². The average Bonchev–Trinajstić information content (AvgIpc) is 3.51. The fourth-order valence-corrected chi connectivity index (χ4v) is 2.81. The number of nitrogens with one attached hydrogen (secondary N) is 2. The predicted octanol–water partition coefficient (Wildman–Crippen LogP) is 2.86. The molecule has 0 heterocycles. The maximum absolute atomic E-state index is 12.7. The van der Waals surface area contributed by atoms with E-state index < -0.39 is 12.0 Å². The molecule has 0 spiro atoms. The minimum Gasteiger partial charge on any atom is -0.497 e. The molecule has 27 heavy (non-hydrogen) atoms. The van der Waals surface area contributed by atoms with Crippen LogP contribution < -0.4 is 21.1 Å². The Labute approximate surface area is 159 Å². The first-order valence-electron chi connectivity index (χ1n) is 9.10. The molecule has 1 aliphatic carbocycles. The third-order valence-electron chi connectivity index (χ3n) is 4.78. The summed E-state index contributed by atoms with van der Waals surface area (Å²) in [4.78, 5) is 25.3. The number of methoxy groups -OCH3 is 1. The van der Waals surface area contributed by atoms with Gasteiger partial charge in [-0.2, -0.15) is 0 Å². The second kappa shape index (κ2) is 8.22. The van der Waals surface area contributed by atoms with Crippen molar-refractivity contribution in [1.29, 1.82) is 0 Å². The van der Waals surface area contributed by atoms with Crippen molar-refractivity contribution in [1.82, 2.24) is 5.32 Å². The van der Waals surface area contributed by atoms with Crippen molar-refractivity contribution in [3.05, 3.63) is 59.7 Å². The summed E-state index contributed by atoms with van der Waals surface area (Å²) < 4.78 is 5.22. The summed E-state index contributed by atoms with van der Waals surface area (Å²) in [5.74, 6) is -0.361. The van der Waals surface area contributed by atoms with E-state index in [1.807, 2.05) is 30.3 Å². The van der Waals surface area contributed by atoms with Gasteiger partial charge in [0, 0.05) is 12.1 Å². The van der Waals surface area contributed by atoms with Gasteiger partial charge in [-0.15, -0.1) is 0 Å². The van der Waals surface area contributed by atoms with Crippen molar-refractivity contribution in [3.63, 3.8) is 0 Å². The van der Waals surface area contributed by atoms with Crippen LogP contribution in [0.3, 0.4) is 0 Å². The van der Waals surface area contributed by atoms with E-state index in [1.165, 1.54) is 7.11 Å². The van der Waals surface area contributed by atoms with E-state index in [9.17, 15) is 9.59 Å². The molecule has 1 fully saturated rings. The Hall–Kier alpha value is -2.86. The predicted molar refractivity (Wildman–Crippen MR) is 105 cm³/mol. The smallest absolute Gasteiger partial charge is 0.253 e. The topological polar surface area (TPSA) is 93.4 Å². The lowest BCUT2D eigenvalue weighted by Gasteiger charge is -2.21. The summed E-state index contributed by atoms with van der Waals surface area (Å²) >= 11 is 0. The fourth-order valence-electron chi connectivity index (χ4n) is 2.81. The lowest BCUT2D eigenvalue weighted by atomic mass is 9.94. The minimum atomic E-state index is -0.464. The number of carbonyl (C=O) groups is 2. The summed E-state index contributed by atoms with van der Waals surface area (Å²) in [5.41, 5.74) is 7.98. The molecule has 2 unspecified atom stereocenters. The molecule has 3 rings (SSSR count). The molecule has 4 N–H and O–H groups in total.